The standard InChI is InChI=1S/C18H24N2/c1-17(2,3)15-11-14(13-7-9-19-10-8-13)12-16(20-15)18(4,5)6/h7-12H,1-6H3. The predicted octanol–water partition coefficient (Wildman–Crippen LogP) is 4.74. The van der Waals surface area contributed by atoms with Gasteiger partial charge in [-0.25, -0.2) is 0 Å². The minimum atomic E-state index is 0.0447. The normalized spacial score (nSPS) is 12.5. The van der Waals surface area contributed by atoms with Crippen molar-refractivity contribution in [3.05, 3.63) is 48.0 Å². The average Bonchev–Trinajstić information content (AvgIpc) is 2.37. The van der Waals surface area contributed by atoms with Gasteiger partial charge in [-0.1, -0.05) is 41.5 Å². The maximum Gasteiger partial charge on any atom is 0.0466 e. The molecule has 0 saturated carbocycles. The lowest BCUT2D eigenvalue weighted by atomic mass is 9.85. The number of pyridine rings is 2. The summed E-state index contributed by atoms with van der Waals surface area (Å²) < 4.78 is 0. The summed E-state index contributed by atoms with van der Waals surface area (Å²) in [6, 6.07) is 8.50. The summed E-state index contributed by atoms with van der Waals surface area (Å²) in [6.07, 6.45) is 3.67. The first-order chi connectivity index (χ1) is 9.18. The molecular weight excluding hydrogens is 244 g/mol. The van der Waals surface area contributed by atoms with Crippen LogP contribution in [-0.2, 0) is 10.8 Å². The van der Waals surface area contributed by atoms with Crippen LogP contribution < -0.4 is 0 Å². The number of hydrogen-bond acceptors (Lipinski definition) is 2. The van der Waals surface area contributed by atoms with Gasteiger partial charge in [0.2, 0.25) is 0 Å². The fourth-order valence-corrected chi connectivity index (χ4v) is 2.01. The van der Waals surface area contributed by atoms with Crippen LogP contribution in [0.4, 0.5) is 0 Å². The Bertz CT molecular complexity index is 555. The number of hydrogen-bond donors (Lipinski definition) is 0. The Morgan fingerprint density at radius 2 is 1.15 bits per heavy atom. The van der Waals surface area contributed by atoms with Gasteiger partial charge in [-0.3, -0.25) is 9.97 Å². The van der Waals surface area contributed by atoms with Crippen LogP contribution in [0.1, 0.15) is 52.9 Å². The topological polar surface area (TPSA) is 25.8 Å². The van der Waals surface area contributed by atoms with E-state index in [1.54, 1.807) is 0 Å². The van der Waals surface area contributed by atoms with Gasteiger partial charge in [0.25, 0.3) is 0 Å². The Morgan fingerprint density at radius 1 is 0.700 bits per heavy atom. The molecule has 2 nitrogen and oxygen atoms in total. The van der Waals surface area contributed by atoms with E-state index in [0.29, 0.717) is 0 Å². The Morgan fingerprint density at radius 3 is 1.55 bits per heavy atom. The van der Waals surface area contributed by atoms with Gasteiger partial charge >= 0.3 is 0 Å². The van der Waals surface area contributed by atoms with E-state index >= 15 is 0 Å². The molecular formula is C18H24N2. The second-order valence-corrected chi connectivity index (χ2v) is 7.36. The highest BCUT2D eigenvalue weighted by molar-refractivity contribution is 5.64. The van der Waals surface area contributed by atoms with Crippen molar-refractivity contribution < 1.29 is 0 Å². The van der Waals surface area contributed by atoms with Gasteiger partial charge in [0.15, 0.2) is 0 Å². The van der Waals surface area contributed by atoms with E-state index in [9.17, 15) is 0 Å². The number of rotatable bonds is 1. The van der Waals surface area contributed by atoms with Crippen LogP contribution in [0.25, 0.3) is 11.1 Å². The van der Waals surface area contributed by atoms with Crippen LogP contribution in [0, 0.1) is 0 Å². The Balaban J connectivity index is 2.64. The van der Waals surface area contributed by atoms with Gasteiger partial charge in [-0.05, 0) is 35.4 Å². The summed E-state index contributed by atoms with van der Waals surface area (Å²) in [7, 11) is 0. The molecule has 2 heterocycles. The summed E-state index contributed by atoms with van der Waals surface area (Å²) in [6.45, 7) is 13.2. The summed E-state index contributed by atoms with van der Waals surface area (Å²) in [4.78, 5) is 8.98. The van der Waals surface area contributed by atoms with Crippen molar-refractivity contribution in [2.24, 2.45) is 0 Å². The van der Waals surface area contributed by atoms with Crippen molar-refractivity contribution in [3.8, 4) is 11.1 Å². The van der Waals surface area contributed by atoms with Gasteiger partial charge in [0, 0.05) is 34.6 Å². The lowest BCUT2D eigenvalue weighted by molar-refractivity contribution is 0.531. The highest BCUT2D eigenvalue weighted by Gasteiger charge is 2.22. The van der Waals surface area contributed by atoms with Crippen molar-refractivity contribution in [2.45, 2.75) is 52.4 Å². The molecule has 0 spiro atoms. The molecule has 2 heteroatoms. The minimum Gasteiger partial charge on any atom is -0.265 e. The largest absolute Gasteiger partial charge is 0.265 e. The summed E-state index contributed by atoms with van der Waals surface area (Å²) in [5.41, 5.74) is 4.77. The van der Waals surface area contributed by atoms with Gasteiger partial charge < -0.3 is 0 Å². The molecule has 2 rings (SSSR count). The Kier molecular flexibility index (Phi) is 3.68. The molecule has 0 amide bonds. The monoisotopic (exact) mass is 268 g/mol. The van der Waals surface area contributed by atoms with Crippen molar-refractivity contribution in [2.75, 3.05) is 0 Å². The SMILES string of the molecule is CC(C)(C)c1cc(-c2ccncc2)cc(C(C)(C)C)n1. The maximum atomic E-state index is 4.89. The van der Waals surface area contributed by atoms with Gasteiger partial charge in [0.1, 0.15) is 0 Å². The molecule has 0 atom stereocenters. The van der Waals surface area contributed by atoms with E-state index in [1.807, 2.05) is 24.5 Å². The third-order valence-corrected chi connectivity index (χ3v) is 3.38. The maximum absolute atomic E-state index is 4.89. The molecule has 0 fully saturated rings. The Labute approximate surface area is 122 Å². The van der Waals surface area contributed by atoms with Gasteiger partial charge in [-0.2, -0.15) is 0 Å². The van der Waals surface area contributed by atoms with Crippen molar-refractivity contribution in [1.29, 1.82) is 0 Å². The van der Waals surface area contributed by atoms with Crippen molar-refractivity contribution >= 4 is 0 Å². The second kappa shape index (κ2) is 5.01. The average molecular weight is 268 g/mol. The third-order valence-electron chi connectivity index (χ3n) is 3.38. The van der Waals surface area contributed by atoms with E-state index in [-0.39, 0.29) is 10.8 Å². The number of aromatic nitrogens is 2. The second-order valence-electron chi connectivity index (χ2n) is 7.36. The van der Waals surface area contributed by atoms with Crippen LogP contribution in [-0.4, -0.2) is 9.97 Å². The van der Waals surface area contributed by atoms with E-state index in [0.717, 1.165) is 11.4 Å². The highest BCUT2D eigenvalue weighted by Crippen LogP contribution is 2.31. The zero-order valence-electron chi connectivity index (χ0n) is 13.4. The molecule has 20 heavy (non-hydrogen) atoms. The summed E-state index contributed by atoms with van der Waals surface area (Å²) in [5.74, 6) is 0. The molecule has 0 radical (unpaired) electrons. The molecule has 0 unspecified atom stereocenters. The molecule has 2 aromatic heterocycles. The van der Waals surface area contributed by atoms with E-state index < -0.39 is 0 Å². The van der Waals surface area contributed by atoms with Crippen LogP contribution in [0.3, 0.4) is 0 Å². The molecule has 2 aromatic rings. The smallest absolute Gasteiger partial charge is 0.0466 e. The first kappa shape index (κ1) is 14.7. The predicted molar refractivity (Wildman–Crippen MR) is 84.9 cm³/mol. The molecule has 0 N–H and O–H groups in total. The summed E-state index contributed by atoms with van der Waals surface area (Å²) in [5, 5.41) is 0. The van der Waals surface area contributed by atoms with Crippen LogP contribution in [0.2, 0.25) is 0 Å². The fraction of sp³-hybridized carbons (Fsp3) is 0.444. The Hall–Kier alpha value is -1.70. The highest BCUT2D eigenvalue weighted by atomic mass is 14.7. The van der Waals surface area contributed by atoms with E-state index in [1.165, 1.54) is 11.1 Å². The molecule has 0 aliphatic rings. The number of nitrogens with zero attached hydrogens (tertiary/aromatic N) is 2. The minimum absolute atomic E-state index is 0.0447. The van der Waals surface area contributed by atoms with Crippen LogP contribution in [0.15, 0.2) is 36.7 Å². The zero-order valence-corrected chi connectivity index (χ0v) is 13.4. The van der Waals surface area contributed by atoms with Gasteiger partial charge in [0.05, 0.1) is 0 Å². The lowest BCUT2D eigenvalue weighted by Gasteiger charge is -2.25. The van der Waals surface area contributed by atoms with Crippen molar-refractivity contribution in [3.63, 3.8) is 0 Å². The molecule has 0 bridgehead atoms. The van der Waals surface area contributed by atoms with Crippen molar-refractivity contribution in [1.82, 2.24) is 9.97 Å². The summed E-state index contributed by atoms with van der Waals surface area (Å²) >= 11 is 0. The first-order valence-corrected chi connectivity index (χ1v) is 7.11. The van der Waals surface area contributed by atoms with Gasteiger partial charge in [-0.15, -0.1) is 0 Å². The quantitative estimate of drug-likeness (QED) is 0.746. The molecule has 0 saturated heterocycles. The lowest BCUT2D eigenvalue weighted by Crippen LogP contribution is -2.20. The molecule has 0 aliphatic heterocycles. The first-order valence-electron chi connectivity index (χ1n) is 7.11. The molecule has 0 aliphatic carbocycles. The van der Waals surface area contributed by atoms with E-state index in [2.05, 4.69) is 58.7 Å². The zero-order chi connectivity index (χ0) is 15.0. The third kappa shape index (κ3) is 3.24. The van der Waals surface area contributed by atoms with Crippen LogP contribution in [0.5, 0.6) is 0 Å². The van der Waals surface area contributed by atoms with Crippen LogP contribution >= 0.6 is 0 Å². The molecule has 106 valence electrons. The van der Waals surface area contributed by atoms with E-state index in [4.69, 9.17) is 4.98 Å². The fourth-order valence-electron chi connectivity index (χ4n) is 2.01. The molecule has 0 aromatic carbocycles.